The second-order valence-corrected chi connectivity index (χ2v) is 4.81. The Balaban J connectivity index is 2.36. The van der Waals surface area contributed by atoms with Crippen molar-refractivity contribution < 1.29 is 9.53 Å². The first-order valence-electron chi connectivity index (χ1n) is 6.74. The van der Waals surface area contributed by atoms with Crippen LogP contribution >= 0.6 is 0 Å². The van der Waals surface area contributed by atoms with E-state index in [2.05, 4.69) is 18.4 Å². The van der Waals surface area contributed by atoms with Gasteiger partial charge in [-0.2, -0.15) is 0 Å². The SMILES string of the molecule is C=C(CN1CCCC(CC)CC1)C(=O)OCC. The molecule has 0 spiro atoms. The van der Waals surface area contributed by atoms with Crippen LogP contribution in [0.1, 0.15) is 39.5 Å². The molecule has 3 nitrogen and oxygen atoms in total. The van der Waals surface area contributed by atoms with Crippen molar-refractivity contribution in [3.8, 4) is 0 Å². The first kappa shape index (κ1) is 14.2. The van der Waals surface area contributed by atoms with E-state index < -0.39 is 0 Å². The van der Waals surface area contributed by atoms with E-state index in [0.717, 1.165) is 19.0 Å². The highest BCUT2D eigenvalue weighted by Gasteiger charge is 2.18. The van der Waals surface area contributed by atoms with Gasteiger partial charge in [-0.05, 0) is 45.2 Å². The molecule has 0 aromatic rings. The minimum Gasteiger partial charge on any atom is -0.463 e. The fourth-order valence-corrected chi connectivity index (χ4v) is 2.36. The van der Waals surface area contributed by atoms with Crippen molar-refractivity contribution in [1.29, 1.82) is 0 Å². The molecule has 3 heteroatoms. The van der Waals surface area contributed by atoms with Crippen LogP contribution in [0.3, 0.4) is 0 Å². The Morgan fingerprint density at radius 1 is 1.35 bits per heavy atom. The molecule has 0 bridgehead atoms. The van der Waals surface area contributed by atoms with Crippen LogP contribution < -0.4 is 0 Å². The maximum absolute atomic E-state index is 11.5. The molecule has 0 aliphatic carbocycles. The molecule has 1 heterocycles. The lowest BCUT2D eigenvalue weighted by atomic mass is 9.98. The number of likely N-dealkylation sites (tertiary alicyclic amines) is 1. The van der Waals surface area contributed by atoms with Crippen molar-refractivity contribution >= 4 is 5.97 Å². The molecule has 1 rings (SSSR count). The van der Waals surface area contributed by atoms with Crippen LogP contribution in [0.15, 0.2) is 12.2 Å². The molecule has 1 unspecified atom stereocenters. The average molecular weight is 239 g/mol. The van der Waals surface area contributed by atoms with Crippen LogP contribution in [0.5, 0.6) is 0 Å². The van der Waals surface area contributed by atoms with E-state index in [1.807, 2.05) is 6.92 Å². The Bertz CT molecular complexity index is 263. The van der Waals surface area contributed by atoms with Crippen LogP contribution in [0.2, 0.25) is 0 Å². The number of nitrogens with zero attached hydrogens (tertiary/aromatic N) is 1. The monoisotopic (exact) mass is 239 g/mol. The standard InChI is InChI=1S/C14H25NO2/c1-4-13-7-6-9-15(10-8-13)11-12(3)14(16)17-5-2/h13H,3-11H2,1-2H3. The Labute approximate surface area is 105 Å². The summed E-state index contributed by atoms with van der Waals surface area (Å²) >= 11 is 0. The van der Waals surface area contributed by atoms with Gasteiger partial charge >= 0.3 is 5.97 Å². The van der Waals surface area contributed by atoms with Crippen LogP contribution in [0.25, 0.3) is 0 Å². The summed E-state index contributed by atoms with van der Waals surface area (Å²) in [6, 6.07) is 0. The van der Waals surface area contributed by atoms with Crippen molar-refractivity contribution in [1.82, 2.24) is 4.90 Å². The summed E-state index contributed by atoms with van der Waals surface area (Å²) in [5, 5.41) is 0. The summed E-state index contributed by atoms with van der Waals surface area (Å²) in [6.45, 7) is 11.2. The molecule has 98 valence electrons. The average Bonchev–Trinajstić information content (AvgIpc) is 2.54. The second-order valence-electron chi connectivity index (χ2n) is 4.81. The largest absolute Gasteiger partial charge is 0.463 e. The zero-order valence-corrected chi connectivity index (χ0v) is 11.2. The number of carbonyl (C=O) groups excluding carboxylic acids is 1. The molecule has 1 atom stereocenters. The molecule has 0 saturated carbocycles. The summed E-state index contributed by atoms with van der Waals surface area (Å²) in [7, 11) is 0. The van der Waals surface area contributed by atoms with Crippen molar-refractivity contribution in [2.45, 2.75) is 39.5 Å². The third-order valence-corrected chi connectivity index (χ3v) is 3.50. The summed E-state index contributed by atoms with van der Waals surface area (Å²) in [6.07, 6.45) is 5.06. The Hall–Kier alpha value is -0.830. The van der Waals surface area contributed by atoms with Gasteiger partial charge in [0.25, 0.3) is 0 Å². The van der Waals surface area contributed by atoms with Crippen LogP contribution in [-0.2, 0) is 9.53 Å². The Morgan fingerprint density at radius 3 is 2.76 bits per heavy atom. The number of esters is 1. The lowest BCUT2D eigenvalue weighted by Crippen LogP contribution is -2.29. The smallest absolute Gasteiger partial charge is 0.334 e. The van der Waals surface area contributed by atoms with E-state index in [1.54, 1.807) is 0 Å². The minimum atomic E-state index is -0.246. The molecule has 0 aromatic heterocycles. The molecule has 1 aliphatic heterocycles. The molecule has 0 amide bonds. The predicted molar refractivity (Wildman–Crippen MR) is 69.8 cm³/mol. The third kappa shape index (κ3) is 4.90. The van der Waals surface area contributed by atoms with E-state index in [0.29, 0.717) is 18.7 Å². The van der Waals surface area contributed by atoms with Gasteiger partial charge in [-0.1, -0.05) is 19.9 Å². The van der Waals surface area contributed by atoms with Crippen LogP contribution in [-0.4, -0.2) is 37.1 Å². The van der Waals surface area contributed by atoms with Crippen molar-refractivity contribution in [2.75, 3.05) is 26.2 Å². The number of rotatable bonds is 5. The topological polar surface area (TPSA) is 29.5 Å². The fourth-order valence-electron chi connectivity index (χ4n) is 2.36. The van der Waals surface area contributed by atoms with E-state index in [1.165, 1.54) is 25.7 Å². The van der Waals surface area contributed by atoms with Gasteiger partial charge in [-0.25, -0.2) is 4.79 Å². The van der Waals surface area contributed by atoms with Gasteiger partial charge in [0.05, 0.1) is 6.61 Å². The third-order valence-electron chi connectivity index (χ3n) is 3.50. The summed E-state index contributed by atoms with van der Waals surface area (Å²) in [5.41, 5.74) is 0.585. The molecule has 0 N–H and O–H groups in total. The highest BCUT2D eigenvalue weighted by Crippen LogP contribution is 2.20. The Morgan fingerprint density at radius 2 is 2.12 bits per heavy atom. The predicted octanol–water partition coefficient (Wildman–Crippen LogP) is 2.62. The summed E-state index contributed by atoms with van der Waals surface area (Å²) in [5.74, 6) is 0.611. The number of hydrogen-bond acceptors (Lipinski definition) is 3. The Kier molecular flexibility index (Phi) is 6.27. The van der Waals surface area contributed by atoms with Crippen LogP contribution in [0, 0.1) is 5.92 Å². The highest BCUT2D eigenvalue weighted by atomic mass is 16.5. The molecule has 0 radical (unpaired) electrons. The second kappa shape index (κ2) is 7.49. The quantitative estimate of drug-likeness (QED) is 0.545. The summed E-state index contributed by atoms with van der Waals surface area (Å²) < 4.78 is 4.95. The van der Waals surface area contributed by atoms with Gasteiger partial charge in [-0.3, -0.25) is 4.90 Å². The lowest BCUT2D eigenvalue weighted by molar-refractivity contribution is -0.138. The first-order valence-corrected chi connectivity index (χ1v) is 6.74. The molecule has 1 saturated heterocycles. The van der Waals surface area contributed by atoms with E-state index in [9.17, 15) is 4.79 Å². The molecule has 1 aliphatic rings. The van der Waals surface area contributed by atoms with Gasteiger partial charge in [0.1, 0.15) is 0 Å². The van der Waals surface area contributed by atoms with E-state index in [-0.39, 0.29) is 5.97 Å². The van der Waals surface area contributed by atoms with Gasteiger partial charge in [0.15, 0.2) is 0 Å². The summed E-state index contributed by atoms with van der Waals surface area (Å²) in [4.78, 5) is 13.8. The number of hydrogen-bond donors (Lipinski definition) is 0. The van der Waals surface area contributed by atoms with Gasteiger partial charge < -0.3 is 4.74 Å². The molecular weight excluding hydrogens is 214 g/mol. The normalized spacial score (nSPS) is 21.9. The number of ether oxygens (including phenoxy) is 1. The zero-order chi connectivity index (χ0) is 12.7. The van der Waals surface area contributed by atoms with Gasteiger partial charge in [0.2, 0.25) is 0 Å². The van der Waals surface area contributed by atoms with E-state index in [4.69, 9.17) is 4.74 Å². The number of carbonyl (C=O) groups is 1. The maximum atomic E-state index is 11.5. The van der Waals surface area contributed by atoms with Crippen molar-refractivity contribution in [3.05, 3.63) is 12.2 Å². The molecule has 0 aromatic carbocycles. The first-order chi connectivity index (χ1) is 8.17. The van der Waals surface area contributed by atoms with Crippen LogP contribution in [0.4, 0.5) is 0 Å². The van der Waals surface area contributed by atoms with Gasteiger partial charge in [-0.15, -0.1) is 0 Å². The van der Waals surface area contributed by atoms with Gasteiger partial charge in [0, 0.05) is 12.1 Å². The van der Waals surface area contributed by atoms with Crippen molar-refractivity contribution in [2.24, 2.45) is 5.92 Å². The highest BCUT2D eigenvalue weighted by molar-refractivity contribution is 5.88. The molecule has 1 fully saturated rings. The van der Waals surface area contributed by atoms with E-state index >= 15 is 0 Å². The van der Waals surface area contributed by atoms with Crippen molar-refractivity contribution in [3.63, 3.8) is 0 Å². The molecular formula is C14H25NO2. The minimum absolute atomic E-state index is 0.246. The lowest BCUT2D eigenvalue weighted by Gasteiger charge is -2.20. The molecule has 17 heavy (non-hydrogen) atoms. The fraction of sp³-hybridized carbons (Fsp3) is 0.786. The maximum Gasteiger partial charge on any atom is 0.334 e. The zero-order valence-electron chi connectivity index (χ0n) is 11.2.